The molecule has 0 aliphatic rings. The molecule has 2 amide bonds. The SMILES string of the molecule is COc1ccc(-c2cc(NC(=O)C[C@@H](NC(C)=O)c3ccccc3)ccc2OC)cc1. The number of hydrogen-bond acceptors (Lipinski definition) is 4. The van der Waals surface area contributed by atoms with Gasteiger partial charge in [0.2, 0.25) is 11.8 Å². The molecule has 0 unspecified atom stereocenters. The highest BCUT2D eigenvalue weighted by Gasteiger charge is 2.17. The summed E-state index contributed by atoms with van der Waals surface area (Å²) >= 11 is 0. The zero-order valence-electron chi connectivity index (χ0n) is 17.8. The molecule has 0 heterocycles. The van der Waals surface area contributed by atoms with Gasteiger partial charge in [-0.15, -0.1) is 0 Å². The number of rotatable bonds is 8. The second-order valence-corrected chi connectivity index (χ2v) is 7.06. The van der Waals surface area contributed by atoms with Crippen LogP contribution >= 0.6 is 0 Å². The van der Waals surface area contributed by atoms with E-state index in [1.54, 1.807) is 20.3 Å². The molecule has 6 heteroatoms. The number of carbonyl (C=O) groups is 2. The maximum Gasteiger partial charge on any atom is 0.226 e. The van der Waals surface area contributed by atoms with Crippen molar-refractivity contribution >= 4 is 17.5 Å². The summed E-state index contributed by atoms with van der Waals surface area (Å²) in [5.41, 5.74) is 3.31. The monoisotopic (exact) mass is 418 g/mol. The third kappa shape index (κ3) is 5.85. The van der Waals surface area contributed by atoms with Gasteiger partial charge in [0.15, 0.2) is 0 Å². The van der Waals surface area contributed by atoms with Crippen molar-refractivity contribution in [1.82, 2.24) is 5.32 Å². The van der Waals surface area contributed by atoms with Gasteiger partial charge in [-0.05, 0) is 41.5 Å². The van der Waals surface area contributed by atoms with Gasteiger partial charge >= 0.3 is 0 Å². The number of nitrogens with one attached hydrogen (secondary N) is 2. The van der Waals surface area contributed by atoms with Gasteiger partial charge in [0.05, 0.1) is 26.7 Å². The molecular formula is C25H26N2O4. The van der Waals surface area contributed by atoms with Crippen LogP contribution in [0.15, 0.2) is 72.8 Å². The van der Waals surface area contributed by atoms with E-state index in [0.29, 0.717) is 11.4 Å². The van der Waals surface area contributed by atoms with Crippen LogP contribution in [0.3, 0.4) is 0 Å². The lowest BCUT2D eigenvalue weighted by Gasteiger charge is -2.18. The summed E-state index contributed by atoms with van der Waals surface area (Å²) in [6, 6.07) is 22.1. The van der Waals surface area contributed by atoms with Crippen molar-refractivity contribution in [2.75, 3.05) is 19.5 Å². The van der Waals surface area contributed by atoms with Gasteiger partial charge in [-0.25, -0.2) is 0 Å². The normalized spacial score (nSPS) is 11.3. The van der Waals surface area contributed by atoms with Crippen LogP contribution in [0.25, 0.3) is 11.1 Å². The van der Waals surface area contributed by atoms with Crippen molar-refractivity contribution in [3.8, 4) is 22.6 Å². The first-order valence-electron chi connectivity index (χ1n) is 9.94. The summed E-state index contributed by atoms with van der Waals surface area (Å²) < 4.78 is 10.7. The Morgan fingerprint density at radius 1 is 0.903 bits per heavy atom. The fraction of sp³-hybridized carbons (Fsp3) is 0.200. The van der Waals surface area contributed by atoms with Crippen LogP contribution in [0.4, 0.5) is 5.69 Å². The third-order valence-electron chi connectivity index (χ3n) is 4.85. The Bertz CT molecular complexity index is 1030. The predicted octanol–water partition coefficient (Wildman–Crippen LogP) is 4.58. The van der Waals surface area contributed by atoms with Crippen molar-refractivity contribution in [3.05, 3.63) is 78.4 Å². The van der Waals surface area contributed by atoms with Crippen LogP contribution in [0, 0.1) is 0 Å². The first kappa shape index (κ1) is 21.9. The Hall–Kier alpha value is -3.80. The molecule has 0 spiro atoms. The van der Waals surface area contributed by atoms with Crippen LogP contribution in [0.1, 0.15) is 24.9 Å². The maximum absolute atomic E-state index is 12.8. The fourth-order valence-corrected chi connectivity index (χ4v) is 3.36. The average Bonchev–Trinajstić information content (AvgIpc) is 2.79. The second kappa shape index (κ2) is 10.3. The highest BCUT2D eigenvalue weighted by atomic mass is 16.5. The van der Waals surface area contributed by atoms with E-state index in [1.807, 2.05) is 66.7 Å². The minimum Gasteiger partial charge on any atom is -0.497 e. The Kier molecular flexibility index (Phi) is 7.27. The number of ether oxygens (including phenoxy) is 2. The molecule has 0 fully saturated rings. The van der Waals surface area contributed by atoms with Crippen molar-refractivity contribution in [1.29, 1.82) is 0 Å². The molecule has 0 aliphatic carbocycles. The number of amides is 2. The minimum absolute atomic E-state index is 0.119. The molecule has 3 aromatic rings. The Balaban J connectivity index is 1.79. The molecule has 31 heavy (non-hydrogen) atoms. The summed E-state index contributed by atoms with van der Waals surface area (Å²) in [5, 5.41) is 5.78. The minimum atomic E-state index is -0.405. The molecule has 2 N–H and O–H groups in total. The second-order valence-electron chi connectivity index (χ2n) is 7.06. The summed E-state index contributed by atoms with van der Waals surface area (Å²) in [6.07, 6.45) is 0.119. The van der Waals surface area contributed by atoms with Gasteiger partial charge in [0.1, 0.15) is 11.5 Å². The predicted molar refractivity (Wildman–Crippen MR) is 121 cm³/mol. The van der Waals surface area contributed by atoms with Crippen LogP contribution < -0.4 is 20.1 Å². The Morgan fingerprint density at radius 2 is 1.61 bits per heavy atom. The molecule has 0 aliphatic heterocycles. The van der Waals surface area contributed by atoms with Gasteiger partial charge in [-0.2, -0.15) is 0 Å². The van der Waals surface area contributed by atoms with Gasteiger partial charge < -0.3 is 20.1 Å². The van der Waals surface area contributed by atoms with Crippen LogP contribution in [0.5, 0.6) is 11.5 Å². The van der Waals surface area contributed by atoms with Gasteiger partial charge in [-0.3, -0.25) is 9.59 Å². The van der Waals surface area contributed by atoms with Crippen LogP contribution in [0.2, 0.25) is 0 Å². The number of anilines is 1. The lowest BCUT2D eigenvalue weighted by atomic mass is 10.0. The molecule has 160 valence electrons. The first-order chi connectivity index (χ1) is 15.0. The quantitative estimate of drug-likeness (QED) is 0.562. The van der Waals surface area contributed by atoms with Gasteiger partial charge in [0, 0.05) is 18.2 Å². The highest BCUT2D eigenvalue weighted by Crippen LogP contribution is 2.33. The average molecular weight is 418 g/mol. The summed E-state index contributed by atoms with van der Waals surface area (Å²) in [4.78, 5) is 24.4. The van der Waals surface area contributed by atoms with E-state index >= 15 is 0 Å². The van der Waals surface area contributed by atoms with Crippen LogP contribution in [-0.2, 0) is 9.59 Å². The van der Waals surface area contributed by atoms with E-state index in [0.717, 1.165) is 22.4 Å². The number of carbonyl (C=O) groups excluding carboxylic acids is 2. The van der Waals surface area contributed by atoms with Crippen molar-refractivity contribution in [2.24, 2.45) is 0 Å². The van der Waals surface area contributed by atoms with Crippen LogP contribution in [-0.4, -0.2) is 26.0 Å². The molecule has 3 aromatic carbocycles. The molecule has 6 nitrogen and oxygen atoms in total. The Labute approximate surface area is 182 Å². The largest absolute Gasteiger partial charge is 0.497 e. The van der Waals surface area contributed by atoms with E-state index in [1.165, 1.54) is 6.92 Å². The molecule has 0 radical (unpaired) electrons. The zero-order valence-corrected chi connectivity index (χ0v) is 17.8. The molecule has 0 aromatic heterocycles. The lowest BCUT2D eigenvalue weighted by Crippen LogP contribution is -2.29. The number of hydrogen-bond donors (Lipinski definition) is 2. The van der Waals surface area contributed by atoms with Crippen molar-refractivity contribution in [2.45, 2.75) is 19.4 Å². The standard InChI is InChI=1S/C25H26N2O4/c1-17(28)26-23(19-7-5-4-6-8-19)16-25(29)27-20-11-14-24(31-3)22(15-20)18-9-12-21(30-2)13-10-18/h4-15,23H,16H2,1-3H3,(H,26,28)(H,27,29)/t23-/m1/s1. The topological polar surface area (TPSA) is 76.7 Å². The first-order valence-corrected chi connectivity index (χ1v) is 9.94. The van der Waals surface area contributed by atoms with Gasteiger partial charge in [0.25, 0.3) is 0 Å². The molecular weight excluding hydrogens is 392 g/mol. The summed E-state index contributed by atoms with van der Waals surface area (Å²) in [6.45, 7) is 1.44. The van der Waals surface area contributed by atoms with E-state index in [9.17, 15) is 9.59 Å². The third-order valence-corrected chi connectivity index (χ3v) is 4.85. The highest BCUT2D eigenvalue weighted by molar-refractivity contribution is 5.93. The Morgan fingerprint density at radius 3 is 2.23 bits per heavy atom. The fourth-order valence-electron chi connectivity index (χ4n) is 3.36. The molecule has 0 bridgehead atoms. The van der Waals surface area contributed by atoms with E-state index in [4.69, 9.17) is 9.47 Å². The summed E-state index contributed by atoms with van der Waals surface area (Å²) in [7, 11) is 3.23. The van der Waals surface area contributed by atoms with Crippen molar-refractivity contribution < 1.29 is 19.1 Å². The summed E-state index contributed by atoms with van der Waals surface area (Å²) in [5.74, 6) is 1.07. The molecule has 0 saturated carbocycles. The van der Waals surface area contributed by atoms with E-state index in [2.05, 4.69) is 10.6 Å². The lowest BCUT2D eigenvalue weighted by molar-refractivity contribution is -0.120. The number of benzene rings is 3. The van der Waals surface area contributed by atoms with E-state index in [-0.39, 0.29) is 18.2 Å². The number of methoxy groups -OCH3 is 2. The van der Waals surface area contributed by atoms with E-state index < -0.39 is 6.04 Å². The van der Waals surface area contributed by atoms with Crippen molar-refractivity contribution in [3.63, 3.8) is 0 Å². The van der Waals surface area contributed by atoms with Gasteiger partial charge in [-0.1, -0.05) is 42.5 Å². The zero-order chi connectivity index (χ0) is 22.2. The molecule has 3 rings (SSSR count). The smallest absolute Gasteiger partial charge is 0.226 e. The molecule has 0 saturated heterocycles. The maximum atomic E-state index is 12.8. The molecule has 1 atom stereocenters.